The highest BCUT2D eigenvalue weighted by molar-refractivity contribution is 5.90. The number of fused-ring (bicyclic) bond motifs is 5. The molecular formula is C24H16N4O3. The molecule has 1 atom stereocenters. The van der Waals surface area contributed by atoms with Crippen LogP contribution in [-0.4, -0.2) is 9.66 Å². The summed E-state index contributed by atoms with van der Waals surface area (Å²) in [5, 5.41) is 11.3. The number of ether oxygens (including phenoxy) is 1. The molecule has 6 rings (SSSR count). The molecule has 2 aromatic heterocycles. The van der Waals surface area contributed by atoms with Gasteiger partial charge in [-0.3, -0.25) is 5.41 Å². The molecule has 0 saturated heterocycles. The molecule has 31 heavy (non-hydrogen) atoms. The van der Waals surface area contributed by atoms with Crippen LogP contribution in [-0.2, 0) is 0 Å². The third-order valence-electron chi connectivity index (χ3n) is 5.75. The summed E-state index contributed by atoms with van der Waals surface area (Å²) in [6.07, 6.45) is 1.33. The number of rotatable bonds is 1. The Labute approximate surface area is 175 Å². The van der Waals surface area contributed by atoms with Crippen molar-refractivity contribution >= 4 is 21.7 Å². The number of nitrogen functional groups attached to an aromatic ring is 1. The van der Waals surface area contributed by atoms with Gasteiger partial charge in [-0.05, 0) is 28.5 Å². The molecule has 0 amide bonds. The number of hydrogen-bond acceptors (Lipinski definition) is 6. The first kappa shape index (κ1) is 17.5. The standard InChI is InChI=1S/C24H16N4O3/c25-22-20-18(15-10-5-7-13-6-1-2-8-14(13)15)19-21(31-23(20)27-12-28(22)26)16-9-3-4-11-17(16)30-24(19)29/h1-12,18,25H,26H2. The van der Waals surface area contributed by atoms with Crippen molar-refractivity contribution in [3.63, 3.8) is 0 Å². The lowest BCUT2D eigenvalue weighted by Gasteiger charge is -2.28. The fraction of sp³-hybridized carbons (Fsp3) is 0.0417. The fourth-order valence-corrected chi connectivity index (χ4v) is 4.37. The second kappa shape index (κ2) is 6.30. The van der Waals surface area contributed by atoms with Gasteiger partial charge in [0.1, 0.15) is 11.9 Å². The summed E-state index contributed by atoms with van der Waals surface area (Å²) in [4.78, 5) is 17.6. The highest BCUT2D eigenvalue weighted by Crippen LogP contribution is 2.47. The Morgan fingerprint density at radius 3 is 2.55 bits per heavy atom. The SMILES string of the molecule is N=c1c2c(ncn1N)Oc1c(c(=O)oc3ccccc13)C2c1cccc2ccccc12. The van der Waals surface area contributed by atoms with Crippen LogP contribution in [0.25, 0.3) is 21.7 Å². The summed E-state index contributed by atoms with van der Waals surface area (Å²) in [5.74, 6) is 5.99. The number of nitrogens with two attached hydrogens (primary N) is 1. The van der Waals surface area contributed by atoms with E-state index in [1.54, 1.807) is 12.1 Å². The Bertz CT molecular complexity index is 1630. The topological polar surface area (TPSA) is 107 Å². The first-order valence-corrected chi connectivity index (χ1v) is 9.76. The molecule has 0 spiro atoms. The maximum atomic E-state index is 13.2. The van der Waals surface area contributed by atoms with Crippen LogP contribution < -0.4 is 21.7 Å². The van der Waals surface area contributed by atoms with Crippen LogP contribution >= 0.6 is 0 Å². The number of benzene rings is 3. The molecule has 150 valence electrons. The van der Waals surface area contributed by atoms with Crippen molar-refractivity contribution < 1.29 is 9.15 Å². The molecule has 0 fully saturated rings. The summed E-state index contributed by atoms with van der Waals surface area (Å²) < 4.78 is 12.9. The van der Waals surface area contributed by atoms with E-state index in [1.165, 1.54) is 6.33 Å². The van der Waals surface area contributed by atoms with E-state index in [2.05, 4.69) is 4.98 Å². The molecule has 7 heteroatoms. The van der Waals surface area contributed by atoms with Crippen molar-refractivity contribution in [2.75, 3.05) is 5.84 Å². The van der Waals surface area contributed by atoms with Gasteiger partial charge in [-0.25, -0.2) is 14.5 Å². The first-order valence-electron chi connectivity index (χ1n) is 9.76. The highest BCUT2D eigenvalue weighted by atomic mass is 16.5. The van der Waals surface area contributed by atoms with Crippen LogP contribution in [0, 0.1) is 5.41 Å². The van der Waals surface area contributed by atoms with Gasteiger partial charge in [-0.2, -0.15) is 0 Å². The van der Waals surface area contributed by atoms with Crippen molar-refractivity contribution in [3.8, 4) is 11.6 Å². The number of aromatic nitrogens is 2. The average molecular weight is 408 g/mol. The van der Waals surface area contributed by atoms with Gasteiger partial charge in [-0.15, -0.1) is 0 Å². The number of hydrogen-bond donors (Lipinski definition) is 2. The molecule has 3 aromatic carbocycles. The van der Waals surface area contributed by atoms with Crippen LogP contribution in [0.2, 0.25) is 0 Å². The Morgan fingerprint density at radius 2 is 1.68 bits per heavy atom. The van der Waals surface area contributed by atoms with Gasteiger partial charge in [0, 0.05) is 0 Å². The Kier molecular flexibility index (Phi) is 3.55. The minimum absolute atomic E-state index is 0.0149. The maximum absolute atomic E-state index is 13.2. The molecule has 7 nitrogen and oxygen atoms in total. The summed E-state index contributed by atoms with van der Waals surface area (Å²) in [7, 11) is 0. The van der Waals surface area contributed by atoms with E-state index in [9.17, 15) is 4.79 Å². The number of nitrogens with one attached hydrogen (secondary N) is 1. The third kappa shape index (κ3) is 2.43. The van der Waals surface area contributed by atoms with Gasteiger partial charge < -0.3 is 15.0 Å². The molecule has 1 aliphatic rings. The molecule has 0 bridgehead atoms. The van der Waals surface area contributed by atoms with Gasteiger partial charge in [0.2, 0.25) is 5.88 Å². The zero-order valence-corrected chi connectivity index (χ0v) is 16.2. The predicted molar refractivity (Wildman–Crippen MR) is 116 cm³/mol. The highest BCUT2D eigenvalue weighted by Gasteiger charge is 2.37. The normalized spacial score (nSPS) is 14.8. The second-order valence-corrected chi connectivity index (χ2v) is 7.45. The van der Waals surface area contributed by atoms with Crippen molar-refractivity contribution in [1.29, 1.82) is 5.41 Å². The van der Waals surface area contributed by atoms with E-state index in [0.29, 0.717) is 27.8 Å². The molecule has 1 unspecified atom stereocenters. The van der Waals surface area contributed by atoms with Crippen LogP contribution in [0.1, 0.15) is 22.6 Å². The monoisotopic (exact) mass is 408 g/mol. The summed E-state index contributed by atoms with van der Waals surface area (Å²) in [6, 6.07) is 21.0. The fourth-order valence-electron chi connectivity index (χ4n) is 4.37. The zero-order valence-electron chi connectivity index (χ0n) is 16.2. The molecule has 5 aromatic rings. The van der Waals surface area contributed by atoms with E-state index in [0.717, 1.165) is 21.0 Å². The predicted octanol–water partition coefficient (Wildman–Crippen LogP) is 3.62. The van der Waals surface area contributed by atoms with Gasteiger partial charge in [-0.1, -0.05) is 54.6 Å². The average Bonchev–Trinajstić information content (AvgIpc) is 2.80. The van der Waals surface area contributed by atoms with Crippen molar-refractivity contribution in [2.24, 2.45) is 0 Å². The van der Waals surface area contributed by atoms with E-state index >= 15 is 0 Å². The lowest BCUT2D eigenvalue weighted by atomic mass is 9.82. The quantitative estimate of drug-likeness (QED) is 0.319. The van der Waals surface area contributed by atoms with Crippen LogP contribution in [0.3, 0.4) is 0 Å². The maximum Gasteiger partial charge on any atom is 0.344 e. The lowest BCUT2D eigenvalue weighted by Crippen LogP contribution is -2.35. The lowest BCUT2D eigenvalue weighted by molar-refractivity contribution is 0.417. The Balaban J connectivity index is 1.80. The molecular weight excluding hydrogens is 392 g/mol. The molecule has 3 N–H and O–H groups in total. The molecule has 0 aliphatic carbocycles. The van der Waals surface area contributed by atoms with Crippen LogP contribution in [0.4, 0.5) is 0 Å². The zero-order chi connectivity index (χ0) is 21.1. The number of para-hydroxylation sites is 1. The minimum Gasteiger partial charge on any atom is -0.437 e. The second-order valence-electron chi connectivity index (χ2n) is 7.45. The Morgan fingerprint density at radius 1 is 0.935 bits per heavy atom. The third-order valence-corrected chi connectivity index (χ3v) is 5.75. The smallest absolute Gasteiger partial charge is 0.344 e. The van der Waals surface area contributed by atoms with E-state index in [4.69, 9.17) is 20.4 Å². The minimum atomic E-state index is -0.623. The summed E-state index contributed by atoms with van der Waals surface area (Å²) >= 11 is 0. The van der Waals surface area contributed by atoms with Crippen molar-refractivity contribution in [1.82, 2.24) is 9.66 Å². The van der Waals surface area contributed by atoms with E-state index in [1.807, 2.05) is 54.6 Å². The summed E-state index contributed by atoms with van der Waals surface area (Å²) in [6.45, 7) is 0. The van der Waals surface area contributed by atoms with Gasteiger partial charge >= 0.3 is 5.63 Å². The van der Waals surface area contributed by atoms with Gasteiger partial charge in [0.05, 0.1) is 22.4 Å². The number of nitrogens with zero attached hydrogens (tertiary/aromatic N) is 2. The molecule has 1 aliphatic heterocycles. The van der Waals surface area contributed by atoms with Crippen LogP contribution in [0.5, 0.6) is 11.6 Å². The largest absolute Gasteiger partial charge is 0.437 e. The molecule has 3 heterocycles. The molecule has 0 saturated carbocycles. The van der Waals surface area contributed by atoms with Crippen molar-refractivity contribution in [2.45, 2.75) is 5.92 Å². The van der Waals surface area contributed by atoms with E-state index < -0.39 is 11.5 Å². The Hall–Kier alpha value is -4.39. The molecule has 0 radical (unpaired) electrons. The van der Waals surface area contributed by atoms with Gasteiger partial charge in [0.15, 0.2) is 11.2 Å². The van der Waals surface area contributed by atoms with Gasteiger partial charge in [0.25, 0.3) is 0 Å². The first-order chi connectivity index (χ1) is 15.1. The van der Waals surface area contributed by atoms with E-state index in [-0.39, 0.29) is 11.4 Å². The summed E-state index contributed by atoms with van der Waals surface area (Å²) in [5.41, 5.74) is 1.56. The van der Waals surface area contributed by atoms with Crippen LogP contribution in [0.15, 0.2) is 82.3 Å². The van der Waals surface area contributed by atoms with Crippen molar-refractivity contribution in [3.05, 3.63) is 106 Å².